The molecule has 5 nitrogen and oxygen atoms in total. The molecular formula is C59H61BrN4OS4Si4+2. The molecule has 0 unspecified atom stereocenters. The van der Waals surface area contributed by atoms with Crippen LogP contribution in [0.3, 0.4) is 0 Å². The highest BCUT2D eigenvalue weighted by Crippen LogP contribution is 2.43. The van der Waals surface area contributed by atoms with E-state index in [1.807, 2.05) is 69.6 Å². The van der Waals surface area contributed by atoms with Crippen LogP contribution in [0.4, 0.5) is 0 Å². The van der Waals surface area contributed by atoms with Crippen molar-refractivity contribution in [3.05, 3.63) is 143 Å². The molecule has 0 aliphatic heterocycles. The van der Waals surface area contributed by atoms with Gasteiger partial charge < -0.3 is 0 Å². The van der Waals surface area contributed by atoms with Gasteiger partial charge in [-0.1, -0.05) is 143 Å². The number of fused-ring (bicyclic) bond motifs is 12. The van der Waals surface area contributed by atoms with Crippen LogP contribution in [0.15, 0.2) is 138 Å². The first-order valence-corrected chi connectivity index (χ1v) is 43.0. The van der Waals surface area contributed by atoms with Gasteiger partial charge in [0.25, 0.3) is 11.6 Å². The fourth-order valence-electron chi connectivity index (χ4n) is 9.66. The van der Waals surface area contributed by atoms with Crippen molar-refractivity contribution in [1.29, 1.82) is 0 Å². The predicted molar refractivity (Wildman–Crippen MR) is 337 cm³/mol. The molecule has 2 N–H and O–H groups in total. The van der Waals surface area contributed by atoms with Gasteiger partial charge in [0.15, 0.2) is 22.1 Å². The summed E-state index contributed by atoms with van der Waals surface area (Å²) in [5, 5.41) is 5.42. The van der Waals surface area contributed by atoms with Gasteiger partial charge in [0, 0.05) is 31.6 Å². The van der Waals surface area contributed by atoms with E-state index in [2.05, 4.69) is 223 Å². The van der Waals surface area contributed by atoms with Crippen LogP contribution >= 0.6 is 61.3 Å². The van der Waals surface area contributed by atoms with Gasteiger partial charge in [0.2, 0.25) is 0 Å². The molecule has 12 rings (SSSR count). The Balaban J connectivity index is 0.000000157. The second-order valence-corrected chi connectivity index (χ2v) is 50.1. The van der Waals surface area contributed by atoms with E-state index in [1.165, 1.54) is 82.7 Å². The fraction of sp³-hybridized carbons (Fsp3) is 0.203. The minimum absolute atomic E-state index is 0.686. The first kappa shape index (κ1) is 50.3. The average Bonchev–Trinajstić information content (AvgIpc) is 4.20. The standard InChI is InChI=1S/C30H30N2OS2Si2.C29H29BrN2S2Si2/c1-36(2,3)24-16-22-26-27(23-17-25(37(4,5)6)35-29(23)28(22)34-24)32(21-10-8-7-9-11-21)30(31-26)20-14-12-19(18-33)13-15-20;1-35(2,3)23-16-21-25-26(22-17-24(36(4,5)6)34-28(22)27(21)33-23)32(20-10-8-7-9-11-20)29(31-25)18-12-14-19(30)15-13-18/h7-18H,1-6H3;7-17H,1-6H3/p+2. The zero-order chi connectivity index (χ0) is 51.5. The fourth-order valence-corrected chi connectivity index (χ4v) is 22.3. The zero-order valence-corrected chi connectivity index (χ0v) is 52.4. The lowest BCUT2D eigenvalue weighted by Crippen LogP contribution is -2.35. The second kappa shape index (κ2) is 18.4. The molecule has 0 amide bonds. The van der Waals surface area contributed by atoms with Crippen molar-refractivity contribution in [1.82, 2.24) is 9.97 Å². The maximum atomic E-state index is 11.3. The second-order valence-electron chi connectivity index (χ2n) is 23.4. The Labute approximate surface area is 456 Å². The molecule has 0 fully saturated rings. The van der Waals surface area contributed by atoms with Gasteiger partial charge in [-0.25, -0.2) is 9.97 Å². The number of hydrogen-bond acceptors (Lipinski definition) is 5. The minimum Gasteiger partial charge on any atom is -0.298 e. The van der Waals surface area contributed by atoms with Gasteiger partial charge in [-0.15, -0.1) is 45.3 Å². The third-order valence-electron chi connectivity index (χ3n) is 13.7. The molecule has 0 saturated carbocycles. The number of benzene rings is 6. The number of thiophene rings is 4. The lowest BCUT2D eigenvalue weighted by molar-refractivity contribution is -0.554. The number of halogens is 1. The maximum absolute atomic E-state index is 11.3. The Morgan fingerprint density at radius 1 is 0.425 bits per heavy atom. The number of carbonyl (C=O) groups is 1. The quantitative estimate of drug-likeness (QED) is 0.0845. The van der Waals surface area contributed by atoms with Crippen LogP contribution in [-0.4, -0.2) is 48.5 Å². The normalized spacial score (nSPS) is 12.8. The molecule has 0 saturated heterocycles. The van der Waals surface area contributed by atoms with Crippen LogP contribution in [0.1, 0.15) is 10.4 Å². The molecule has 0 radical (unpaired) electrons. The topological polar surface area (TPSA) is 56.4 Å². The summed E-state index contributed by atoms with van der Waals surface area (Å²) in [4.78, 5) is 19.1. The van der Waals surface area contributed by atoms with Gasteiger partial charge in [-0.3, -0.25) is 4.79 Å². The summed E-state index contributed by atoms with van der Waals surface area (Å²) < 4.78 is 17.9. The largest absolute Gasteiger partial charge is 0.298 e. The molecule has 0 aliphatic carbocycles. The van der Waals surface area contributed by atoms with E-state index in [1.54, 1.807) is 9.00 Å². The predicted octanol–water partition coefficient (Wildman–Crippen LogP) is 15.8. The molecular weight excluding hydrogens is 1100 g/mol. The van der Waals surface area contributed by atoms with E-state index in [-0.39, 0.29) is 0 Å². The summed E-state index contributed by atoms with van der Waals surface area (Å²) in [5.74, 6) is 2.16. The van der Waals surface area contributed by atoms with Crippen molar-refractivity contribution in [2.75, 3.05) is 0 Å². The van der Waals surface area contributed by atoms with E-state index in [4.69, 9.17) is 0 Å². The number of imidazole rings is 2. The van der Waals surface area contributed by atoms with Crippen LogP contribution in [0, 0.1) is 0 Å². The highest BCUT2D eigenvalue weighted by atomic mass is 79.9. The van der Waals surface area contributed by atoms with Crippen LogP contribution in [0.25, 0.3) is 96.6 Å². The van der Waals surface area contributed by atoms with Gasteiger partial charge in [-0.05, 0) is 103 Å². The molecule has 0 bridgehead atoms. The van der Waals surface area contributed by atoms with E-state index >= 15 is 0 Å². The SMILES string of the molecule is C[Si](C)(C)c1cc2c3[nH]c(-c4ccc(Br)cc4)[n+](-c4ccccc4)c3c3cc([Si](C)(C)C)sc3c2s1.C[Si](C)(C)c1cc2c3[nH]c(-c4ccc(C=O)cc4)[n+](-c4ccccc4)c3c3cc([Si](C)(C)C)sc3c2s1. The Morgan fingerprint density at radius 3 is 1.07 bits per heavy atom. The number of rotatable bonds is 9. The molecule has 0 spiro atoms. The number of aldehydes is 1. The minimum atomic E-state index is -1.51. The van der Waals surface area contributed by atoms with Gasteiger partial charge >= 0.3 is 0 Å². The van der Waals surface area contributed by atoms with Crippen molar-refractivity contribution in [3.8, 4) is 34.2 Å². The summed E-state index contributed by atoms with van der Waals surface area (Å²) in [6.07, 6.45) is 0.903. The first-order chi connectivity index (χ1) is 34.6. The van der Waals surface area contributed by atoms with Crippen LogP contribution in [0.2, 0.25) is 78.6 Å². The smallest absolute Gasteiger partial charge is 0.292 e. The number of carbonyl (C=O) groups excluding carboxylic acids is 1. The highest BCUT2D eigenvalue weighted by Gasteiger charge is 2.34. The highest BCUT2D eigenvalue weighted by molar-refractivity contribution is 9.10. The lowest BCUT2D eigenvalue weighted by Gasteiger charge is -2.12. The third-order valence-corrected chi connectivity index (χ3v) is 33.4. The van der Waals surface area contributed by atoms with Crippen molar-refractivity contribution < 1.29 is 13.9 Å². The number of nitrogens with zero attached hydrogens (tertiary/aromatic N) is 2. The number of hydrogen-bond donors (Lipinski definition) is 2. The van der Waals surface area contributed by atoms with Crippen LogP contribution in [-0.2, 0) is 0 Å². The van der Waals surface area contributed by atoms with Crippen LogP contribution in [0.5, 0.6) is 0 Å². The summed E-state index contributed by atoms with van der Waals surface area (Å²) >= 11 is 11.7. The molecule has 0 atom stereocenters. The van der Waals surface area contributed by atoms with E-state index in [9.17, 15) is 4.79 Å². The van der Waals surface area contributed by atoms with E-state index in [0.717, 1.165) is 33.7 Å². The Hall–Kier alpha value is -4.88. The molecule has 368 valence electrons. The van der Waals surface area contributed by atoms with E-state index < -0.39 is 32.3 Å². The van der Waals surface area contributed by atoms with Crippen molar-refractivity contribution in [3.63, 3.8) is 0 Å². The van der Waals surface area contributed by atoms with Gasteiger partial charge in [-0.2, -0.15) is 9.13 Å². The number of aromatic amines is 2. The zero-order valence-electron chi connectivity index (χ0n) is 43.6. The summed E-state index contributed by atoms with van der Waals surface area (Å²) in [6, 6.07) is 47.9. The van der Waals surface area contributed by atoms with Gasteiger partial charge in [0.05, 0.1) is 62.2 Å². The summed E-state index contributed by atoms with van der Waals surface area (Å²) in [7, 11) is -5.92. The molecule has 14 heteroatoms. The number of para-hydroxylation sites is 2. The number of nitrogens with one attached hydrogen (secondary N) is 2. The Bertz CT molecular complexity index is 4080. The van der Waals surface area contributed by atoms with Crippen molar-refractivity contribution in [2.24, 2.45) is 0 Å². The lowest BCUT2D eigenvalue weighted by atomic mass is 10.1. The first-order valence-electron chi connectivity index (χ1n) is 25.0. The molecule has 73 heavy (non-hydrogen) atoms. The molecule has 0 aliphatic rings. The monoisotopic (exact) mass is 1160 g/mol. The summed E-state index contributed by atoms with van der Waals surface area (Å²) in [6.45, 7) is 29.4. The Kier molecular flexibility index (Phi) is 12.7. The molecule has 6 heterocycles. The molecule has 6 aromatic carbocycles. The Morgan fingerprint density at radius 2 is 0.740 bits per heavy atom. The number of aromatic nitrogens is 4. The maximum Gasteiger partial charge on any atom is 0.292 e. The van der Waals surface area contributed by atoms with Crippen molar-refractivity contribution >= 4 is 180 Å². The van der Waals surface area contributed by atoms with Crippen molar-refractivity contribution in [2.45, 2.75) is 78.6 Å². The van der Waals surface area contributed by atoms with Gasteiger partial charge in [0.1, 0.15) is 17.7 Å². The van der Waals surface area contributed by atoms with Crippen LogP contribution < -0.4 is 27.1 Å². The average molecular weight is 1160 g/mol. The third kappa shape index (κ3) is 9.07. The van der Waals surface area contributed by atoms with E-state index in [0.29, 0.717) is 5.56 Å². The molecule has 6 aromatic heterocycles. The molecule has 12 aromatic rings. The summed E-state index contributed by atoms with van der Waals surface area (Å²) in [5.41, 5.74) is 10.2. The number of H-pyrrole nitrogens is 2.